The van der Waals surface area contributed by atoms with Gasteiger partial charge in [-0.05, 0) is 18.2 Å². The van der Waals surface area contributed by atoms with Gasteiger partial charge in [0.1, 0.15) is 5.82 Å². The Bertz CT molecular complexity index is 477. The Morgan fingerprint density at radius 3 is 2.94 bits per heavy atom. The number of aromatic nitrogens is 3. The van der Waals surface area contributed by atoms with Crippen molar-refractivity contribution in [2.45, 2.75) is 6.54 Å². The highest BCUT2D eigenvalue weighted by atomic mass is 16.1. The van der Waals surface area contributed by atoms with Crippen LogP contribution in [-0.4, -0.2) is 27.2 Å². The van der Waals surface area contributed by atoms with Crippen molar-refractivity contribution in [1.82, 2.24) is 14.8 Å². The maximum Gasteiger partial charge on any atom is 0.250 e. The molecule has 0 atom stereocenters. The quantitative estimate of drug-likeness (QED) is 0.784. The molecule has 0 spiro atoms. The van der Waals surface area contributed by atoms with Crippen molar-refractivity contribution in [3.05, 3.63) is 42.4 Å². The zero-order chi connectivity index (χ0) is 12.1. The number of nitrogens with one attached hydrogen (secondary N) is 1. The molecule has 88 valence electrons. The molecule has 0 aliphatic carbocycles. The molecule has 3 N–H and O–H groups in total. The second-order valence-electron chi connectivity index (χ2n) is 3.49. The minimum Gasteiger partial charge on any atom is -0.368 e. The van der Waals surface area contributed by atoms with Crippen LogP contribution in [0, 0.1) is 0 Å². The monoisotopic (exact) mass is 231 g/mol. The third-order valence-electron chi connectivity index (χ3n) is 2.25. The van der Waals surface area contributed by atoms with Gasteiger partial charge in [-0.1, -0.05) is 0 Å². The van der Waals surface area contributed by atoms with Gasteiger partial charge in [-0.15, -0.1) is 0 Å². The van der Waals surface area contributed by atoms with E-state index in [1.165, 1.54) is 6.20 Å². The molecule has 0 saturated heterocycles. The Kier molecular flexibility index (Phi) is 3.34. The zero-order valence-electron chi connectivity index (χ0n) is 9.21. The Balaban J connectivity index is 1.85. The average Bonchev–Trinajstić information content (AvgIpc) is 2.83. The normalized spacial score (nSPS) is 10.1. The summed E-state index contributed by atoms with van der Waals surface area (Å²) in [7, 11) is 0. The zero-order valence-corrected chi connectivity index (χ0v) is 9.21. The molecular formula is C11H13N5O. The molecule has 2 aromatic heterocycles. The van der Waals surface area contributed by atoms with Crippen LogP contribution in [0.25, 0.3) is 0 Å². The van der Waals surface area contributed by atoms with Gasteiger partial charge in [0.15, 0.2) is 0 Å². The molecular weight excluding hydrogens is 218 g/mol. The van der Waals surface area contributed by atoms with Gasteiger partial charge in [0.2, 0.25) is 5.91 Å². The van der Waals surface area contributed by atoms with E-state index in [1.807, 2.05) is 16.9 Å². The van der Waals surface area contributed by atoms with E-state index >= 15 is 0 Å². The molecule has 0 aromatic carbocycles. The summed E-state index contributed by atoms with van der Waals surface area (Å²) in [6.45, 7) is 1.47. The summed E-state index contributed by atoms with van der Waals surface area (Å²) in [6.07, 6.45) is 5.09. The maximum atomic E-state index is 10.8. The first-order chi connectivity index (χ1) is 8.25. The molecule has 0 aliphatic heterocycles. The molecule has 0 saturated carbocycles. The van der Waals surface area contributed by atoms with E-state index in [-0.39, 0.29) is 0 Å². The van der Waals surface area contributed by atoms with Crippen LogP contribution in [0.2, 0.25) is 0 Å². The van der Waals surface area contributed by atoms with Crippen molar-refractivity contribution in [3.63, 3.8) is 0 Å². The fraction of sp³-hybridized carbons (Fsp3) is 0.182. The molecule has 0 bridgehead atoms. The van der Waals surface area contributed by atoms with Crippen LogP contribution >= 0.6 is 0 Å². The predicted molar refractivity (Wildman–Crippen MR) is 63.5 cm³/mol. The lowest BCUT2D eigenvalue weighted by atomic mass is 10.3. The van der Waals surface area contributed by atoms with Gasteiger partial charge >= 0.3 is 0 Å². The highest BCUT2D eigenvalue weighted by molar-refractivity contribution is 5.92. The lowest BCUT2D eigenvalue weighted by Crippen LogP contribution is -2.13. The molecule has 2 heterocycles. The van der Waals surface area contributed by atoms with E-state index in [9.17, 15) is 4.79 Å². The molecule has 17 heavy (non-hydrogen) atoms. The first-order valence-electron chi connectivity index (χ1n) is 5.23. The molecule has 0 aliphatic rings. The highest BCUT2D eigenvalue weighted by Gasteiger charge is 2.00. The molecule has 0 unspecified atom stereocenters. The standard InChI is InChI=1S/C11H13N5O/c12-11(17)9-2-3-10(14-8-9)13-5-7-16-6-1-4-15-16/h1-4,6,8H,5,7H2,(H2,12,17)(H,13,14). The van der Waals surface area contributed by atoms with Crippen LogP contribution in [-0.2, 0) is 6.54 Å². The third-order valence-corrected chi connectivity index (χ3v) is 2.25. The van der Waals surface area contributed by atoms with Crippen molar-refractivity contribution >= 4 is 11.7 Å². The van der Waals surface area contributed by atoms with E-state index in [2.05, 4.69) is 15.4 Å². The van der Waals surface area contributed by atoms with Crippen LogP contribution in [0.4, 0.5) is 5.82 Å². The molecule has 6 heteroatoms. The fourth-order valence-corrected chi connectivity index (χ4v) is 1.38. The number of carbonyl (C=O) groups excluding carboxylic acids is 1. The highest BCUT2D eigenvalue weighted by Crippen LogP contribution is 2.03. The number of hydrogen-bond donors (Lipinski definition) is 2. The Morgan fingerprint density at radius 1 is 1.47 bits per heavy atom. The predicted octanol–water partition coefficient (Wildman–Crippen LogP) is 0.489. The number of anilines is 1. The summed E-state index contributed by atoms with van der Waals surface area (Å²) >= 11 is 0. The summed E-state index contributed by atoms with van der Waals surface area (Å²) in [4.78, 5) is 14.9. The molecule has 0 fully saturated rings. The second kappa shape index (κ2) is 5.11. The third kappa shape index (κ3) is 3.04. The molecule has 0 radical (unpaired) electrons. The topological polar surface area (TPSA) is 85.8 Å². The van der Waals surface area contributed by atoms with E-state index in [1.54, 1.807) is 18.3 Å². The molecule has 2 aromatic rings. The Hall–Kier alpha value is -2.37. The van der Waals surface area contributed by atoms with Gasteiger partial charge < -0.3 is 11.1 Å². The molecule has 2 rings (SSSR count). The van der Waals surface area contributed by atoms with Crippen LogP contribution in [0.5, 0.6) is 0 Å². The van der Waals surface area contributed by atoms with Gasteiger partial charge in [0, 0.05) is 25.1 Å². The summed E-state index contributed by atoms with van der Waals surface area (Å²) in [5.41, 5.74) is 5.52. The van der Waals surface area contributed by atoms with Crippen LogP contribution in [0.1, 0.15) is 10.4 Å². The SMILES string of the molecule is NC(=O)c1ccc(NCCn2cccn2)nc1. The number of hydrogen-bond acceptors (Lipinski definition) is 4. The Labute approximate surface area is 98.5 Å². The number of primary amides is 1. The van der Waals surface area contributed by atoms with Crippen LogP contribution < -0.4 is 11.1 Å². The number of pyridine rings is 1. The van der Waals surface area contributed by atoms with E-state index < -0.39 is 5.91 Å². The summed E-state index contributed by atoms with van der Waals surface area (Å²) < 4.78 is 1.82. The summed E-state index contributed by atoms with van der Waals surface area (Å²) in [6, 6.07) is 5.24. The fourth-order valence-electron chi connectivity index (χ4n) is 1.38. The van der Waals surface area contributed by atoms with Gasteiger partial charge in [0.25, 0.3) is 0 Å². The number of nitrogens with two attached hydrogens (primary N) is 1. The Morgan fingerprint density at radius 2 is 2.35 bits per heavy atom. The average molecular weight is 231 g/mol. The number of carbonyl (C=O) groups is 1. The summed E-state index contributed by atoms with van der Waals surface area (Å²) in [5, 5.41) is 7.20. The lowest BCUT2D eigenvalue weighted by Gasteiger charge is -2.05. The van der Waals surface area contributed by atoms with Gasteiger partial charge in [0.05, 0.1) is 12.1 Å². The van der Waals surface area contributed by atoms with E-state index in [4.69, 9.17) is 5.73 Å². The van der Waals surface area contributed by atoms with Crippen LogP contribution in [0.3, 0.4) is 0 Å². The smallest absolute Gasteiger partial charge is 0.250 e. The molecule has 1 amide bonds. The van der Waals surface area contributed by atoms with Gasteiger partial charge in [-0.2, -0.15) is 5.10 Å². The molecule has 6 nitrogen and oxygen atoms in total. The van der Waals surface area contributed by atoms with Crippen molar-refractivity contribution in [2.24, 2.45) is 5.73 Å². The minimum atomic E-state index is -0.472. The minimum absolute atomic E-state index is 0.405. The first-order valence-corrected chi connectivity index (χ1v) is 5.23. The van der Waals surface area contributed by atoms with Crippen molar-refractivity contribution in [1.29, 1.82) is 0 Å². The van der Waals surface area contributed by atoms with E-state index in [0.717, 1.165) is 6.54 Å². The largest absolute Gasteiger partial charge is 0.368 e. The number of nitrogens with zero attached hydrogens (tertiary/aromatic N) is 3. The van der Waals surface area contributed by atoms with Crippen molar-refractivity contribution < 1.29 is 4.79 Å². The van der Waals surface area contributed by atoms with Crippen molar-refractivity contribution in [3.8, 4) is 0 Å². The maximum absolute atomic E-state index is 10.8. The van der Waals surface area contributed by atoms with Gasteiger partial charge in [-0.25, -0.2) is 4.98 Å². The van der Waals surface area contributed by atoms with Gasteiger partial charge in [-0.3, -0.25) is 9.48 Å². The van der Waals surface area contributed by atoms with Crippen molar-refractivity contribution in [2.75, 3.05) is 11.9 Å². The second-order valence-corrected chi connectivity index (χ2v) is 3.49. The lowest BCUT2D eigenvalue weighted by molar-refractivity contribution is 0.1000. The summed E-state index contributed by atoms with van der Waals surface area (Å²) in [5.74, 6) is 0.239. The first kappa shape index (κ1) is 11.1. The van der Waals surface area contributed by atoms with Crippen LogP contribution in [0.15, 0.2) is 36.8 Å². The number of rotatable bonds is 5. The van der Waals surface area contributed by atoms with E-state index in [0.29, 0.717) is 17.9 Å². The number of amides is 1.